The molecule has 6 heteroatoms. The van der Waals surface area contributed by atoms with Crippen molar-refractivity contribution in [1.82, 2.24) is 15.8 Å². The van der Waals surface area contributed by atoms with Gasteiger partial charge in [-0.3, -0.25) is 4.79 Å². The minimum Gasteiger partial charge on any atom is -0.309 e. The Bertz CT molecular complexity index is 674. The second-order valence-electron chi connectivity index (χ2n) is 5.34. The first-order chi connectivity index (χ1) is 10.6. The average molecular weight is 361 g/mol. The highest BCUT2D eigenvalue weighted by atomic mass is 79.9. The van der Waals surface area contributed by atoms with Crippen molar-refractivity contribution in [3.05, 3.63) is 58.2 Å². The molecule has 1 aliphatic heterocycles. The van der Waals surface area contributed by atoms with Crippen LogP contribution in [0.5, 0.6) is 0 Å². The summed E-state index contributed by atoms with van der Waals surface area (Å²) in [5, 5.41) is 2.87. The van der Waals surface area contributed by atoms with E-state index in [0.717, 1.165) is 15.6 Å². The largest absolute Gasteiger partial charge is 0.309 e. The molecule has 0 saturated carbocycles. The zero-order chi connectivity index (χ0) is 15.5. The molecule has 0 bridgehead atoms. The summed E-state index contributed by atoms with van der Waals surface area (Å²) in [6.07, 6.45) is 2.37. The van der Waals surface area contributed by atoms with Gasteiger partial charge < -0.3 is 5.32 Å². The predicted octanol–water partition coefficient (Wildman–Crippen LogP) is 2.70. The number of hydrogen-bond acceptors (Lipinski definition) is 4. The zero-order valence-electron chi connectivity index (χ0n) is 12.1. The van der Waals surface area contributed by atoms with E-state index >= 15 is 0 Å². The molecule has 1 aromatic carbocycles. The van der Waals surface area contributed by atoms with Gasteiger partial charge in [-0.1, -0.05) is 34.1 Å². The van der Waals surface area contributed by atoms with Gasteiger partial charge in [-0.15, -0.1) is 0 Å². The van der Waals surface area contributed by atoms with E-state index in [1.165, 1.54) is 0 Å². The van der Waals surface area contributed by atoms with Gasteiger partial charge in [0.1, 0.15) is 11.9 Å². The van der Waals surface area contributed by atoms with Crippen LogP contribution in [-0.2, 0) is 4.79 Å². The molecule has 2 unspecified atom stereocenters. The Morgan fingerprint density at radius 2 is 2.05 bits per heavy atom. The van der Waals surface area contributed by atoms with Gasteiger partial charge in [-0.25, -0.2) is 15.8 Å². The lowest BCUT2D eigenvalue weighted by Gasteiger charge is -2.11. The lowest BCUT2D eigenvalue weighted by atomic mass is 10.0. The molecule has 3 N–H and O–H groups in total. The van der Waals surface area contributed by atoms with Crippen molar-refractivity contribution in [3.8, 4) is 0 Å². The van der Waals surface area contributed by atoms with E-state index in [9.17, 15) is 4.79 Å². The van der Waals surface area contributed by atoms with E-state index in [0.29, 0.717) is 12.2 Å². The number of hydrogen-bond donors (Lipinski definition) is 3. The molecule has 1 amide bonds. The standard InChI is InChI=1S/C16H17BrN4O/c1-10-3-2-8-18-15(10)19-16(22)14-9-13(20-21-14)11-4-6-12(17)7-5-11/h2-8,13-14,20-21H,9H2,1H3,(H,18,19,22). The van der Waals surface area contributed by atoms with Crippen molar-refractivity contribution in [2.24, 2.45) is 0 Å². The molecule has 1 aliphatic rings. The van der Waals surface area contributed by atoms with Crippen molar-refractivity contribution in [3.63, 3.8) is 0 Å². The van der Waals surface area contributed by atoms with Crippen LogP contribution in [-0.4, -0.2) is 16.9 Å². The summed E-state index contributed by atoms with van der Waals surface area (Å²) in [6.45, 7) is 1.92. The molecule has 0 radical (unpaired) electrons. The molecule has 0 aliphatic carbocycles. The molecular weight excluding hydrogens is 344 g/mol. The summed E-state index contributed by atoms with van der Waals surface area (Å²) in [4.78, 5) is 16.5. The van der Waals surface area contributed by atoms with Gasteiger partial charge in [0, 0.05) is 16.7 Å². The van der Waals surface area contributed by atoms with Crippen LogP contribution >= 0.6 is 15.9 Å². The Labute approximate surface area is 137 Å². The van der Waals surface area contributed by atoms with E-state index in [2.05, 4.69) is 37.1 Å². The molecule has 2 aromatic rings. The van der Waals surface area contributed by atoms with Crippen molar-refractivity contribution >= 4 is 27.7 Å². The van der Waals surface area contributed by atoms with Crippen molar-refractivity contribution in [2.75, 3.05) is 5.32 Å². The topological polar surface area (TPSA) is 66.0 Å². The molecule has 0 spiro atoms. The van der Waals surface area contributed by atoms with Crippen LogP contribution < -0.4 is 16.2 Å². The lowest BCUT2D eigenvalue weighted by Crippen LogP contribution is -2.39. The summed E-state index contributed by atoms with van der Waals surface area (Å²) in [6, 6.07) is 11.7. The number of hydrazine groups is 1. The third-order valence-electron chi connectivity index (χ3n) is 3.74. The Balaban J connectivity index is 1.64. The highest BCUT2D eigenvalue weighted by Crippen LogP contribution is 2.24. The van der Waals surface area contributed by atoms with Crippen molar-refractivity contribution < 1.29 is 4.79 Å². The van der Waals surface area contributed by atoms with Crippen LogP contribution in [0.1, 0.15) is 23.6 Å². The fraction of sp³-hybridized carbons (Fsp3) is 0.250. The first-order valence-electron chi connectivity index (χ1n) is 7.12. The fourth-order valence-corrected chi connectivity index (χ4v) is 2.73. The molecule has 22 heavy (non-hydrogen) atoms. The number of nitrogens with one attached hydrogen (secondary N) is 3. The number of aromatic nitrogens is 1. The SMILES string of the molecule is Cc1cccnc1NC(=O)C1CC(c2ccc(Br)cc2)NN1. The fourth-order valence-electron chi connectivity index (χ4n) is 2.46. The highest BCUT2D eigenvalue weighted by Gasteiger charge is 2.30. The number of halogens is 1. The van der Waals surface area contributed by atoms with Crippen LogP contribution in [0.3, 0.4) is 0 Å². The van der Waals surface area contributed by atoms with Crippen molar-refractivity contribution in [2.45, 2.75) is 25.4 Å². The lowest BCUT2D eigenvalue weighted by molar-refractivity contribution is -0.117. The summed E-state index contributed by atoms with van der Waals surface area (Å²) in [5.41, 5.74) is 8.34. The molecule has 1 fully saturated rings. The Morgan fingerprint density at radius 1 is 1.27 bits per heavy atom. The third-order valence-corrected chi connectivity index (χ3v) is 4.27. The number of benzene rings is 1. The van der Waals surface area contributed by atoms with Crippen LogP contribution in [0.2, 0.25) is 0 Å². The number of carbonyl (C=O) groups is 1. The molecule has 5 nitrogen and oxygen atoms in total. The molecule has 114 valence electrons. The van der Waals surface area contributed by atoms with Crippen LogP contribution in [0.4, 0.5) is 5.82 Å². The highest BCUT2D eigenvalue weighted by molar-refractivity contribution is 9.10. The first-order valence-corrected chi connectivity index (χ1v) is 7.92. The normalized spacial score (nSPS) is 20.8. The summed E-state index contributed by atoms with van der Waals surface area (Å²) in [5.74, 6) is 0.537. The van der Waals surface area contributed by atoms with Crippen LogP contribution in [0.15, 0.2) is 47.1 Å². The summed E-state index contributed by atoms with van der Waals surface area (Å²) < 4.78 is 1.04. The van der Waals surface area contributed by atoms with Crippen LogP contribution in [0.25, 0.3) is 0 Å². The summed E-state index contributed by atoms with van der Waals surface area (Å²) in [7, 11) is 0. The van der Waals surface area contributed by atoms with Gasteiger partial charge in [-0.05, 0) is 42.7 Å². The van der Waals surface area contributed by atoms with E-state index in [-0.39, 0.29) is 18.0 Å². The Hall–Kier alpha value is -1.76. The predicted molar refractivity (Wildman–Crippen MR) is 89.2 cm³/mol. The smallest absolute Gasteiger partial charge is 0.244 e. The first kappa shape index (κ1) is 15.1. The number of amides is 1. The Morgan fingerprint density at radius 3 is 2.77 bits per heavy atom. The van der Waals surface area contributed by atoms with Gasteiger partial charge in [0.05, 0.1) is 0 Å². The van der Waals surface area contributed by atoms with E-state index in [4.69, 9.17) is 0 Å². The minimum atomic E-state index is -0.282. The number of rotatable bonds is 3. The van der Waals surface area contributed by atoms with Gasteiger partial charge in [0.2, 0.25) is 5.91 Å². The number of pyridine rings is 1. The molecule has 1 saturated heterocycles. The third kappa shape index (κ3) is 3.35. The molecule has 3 rings (SSSR count). The second-order valence-corrected chi connectivity index (χ2v) is 6.25. The maximum Gasteiger partial charge on any atom is 0.244 e. The van der Waals surface area contributed by atoms with Crippen LogP contribution in [0, 0.1) is 6.92 Å². The maximum atomic E-state index is 12.3. The molecule has 1 aromatic heterocycles. The van der Waals surface area contributed by atoms with Gasteiger partial charge in [-0.2, -0.15) is 0 Å². The number of aryl methyl sites for hydroxylation is 1. The second kappa shape index (κ2) is 6.56. The zero-order valence-corrected chi connectivity index (χ0v) is 13.7. The number of anilines is 1. The maximum absolute atomic E-state index is 12.3. The average Bonchev–Trinajstić information content (AvgIpc) is 3.00. The molecular formula is C16H17BrN4O. The van der Waals surface area contributed by atoms with E-state index < -0.39 is 0 Å². The quantitative estimate of drug-likeness (QED) is 0.787. The van der Waals surface area contributed by atoms with Gasteiger partial charge in [0.15, 0.2) is 0 Å². The molecule has 2 heterocycles. The number of carbonyl (C=O) groups excluding carboxylic acids is 1. The Kier molecular flexibility index (Phi) is 4.52. The minimum absolute atomic E-state index is 0.0751. The van der Waals surface area contributed by atoms with Crippen molar-refractivity contribution in [1.29, 1.82) is 0 Å². The van der Waals surface area contributed by atoms with E-state index in [1.807, 2.05) is 43.3 Å². The van der Waals surface area contributed by atoms with Gasteiger partial charge in [0.25, 0.3) is 0 Å². The van der Waals surface area contributed by atoms with Gasteiger partial charge >= 0.3 is 0 Å². The van der Waals surface area contributed by atoms with E-state index in [1.54, 1.807) is 6.20 Å². The monoisotopic (exact) mass is 360 g/mol. The molecule has 2 atom stereocenters. The number of nitrogens with zero attached hydrogens (tertiary/aromatic N) is 1. The summed E-state index contributed by atoms with van der Waals surface area (Å²) >= 11 is 3.43.